The average Bonchev–Trinajstić information content (AvgIpc) is 2.36. The predicted octanol–water partition coefficient (Wildman–Crippen LogP) is 1.65. The van der Waals surface area contributed by atoms with E-state index in [2.05, 4.69) is 10.6 Å². The van der Waals surface area contributed by atoms with Gasteiger partial charge in [-0.1, -0.05) is 17.7 Å². The highest BCUT2D eigenvalue weighted by atomic mass is 35.5. The van der Waals surface area contributed by atoms with E-state index in [0.717, 1.165) is 0 Å². The molecule has 0 radical (unpaired) electrons. The maximum atomic E-state index is 11.8. The lowest BCUT2D eigenvalue weighted by Crippen LogP contribution is -2.37. The van der Waals surface area contributed by atoms with Crippen molar-refractivity contribution in [1.29, 1.82) is 0 Å². The van der Waals surface area contributed by atoms with Crippen molar-refractivity contribution >= 4 is 23.2 Å². The minimum absolute atomic E-state index is 0.0410. The molecule has 1 aromatic rings. The van der Waals surface area contributed by atoms with Crippen LogP contribution in [0.5, 0.6) is 0 Å². The number of carbonyl (C=O) groups excluding carboxylic acids is 1. The normalized spacial score (nSPS) is 13.8. The Kier molecular flexibility index (Phi) is 7.54. The molecule has 0 aliphatic carbocycles. The Morgan fingerprint density at radius 1 is 1.50 bits per heavy atom. The summed E-state index contributed by atoms with van der Waals surface area (Å²) in [5.74, 6) is -0.103. The zero-order valence-corrected chi connectivity index (χ0v) is 12.5. The summed E-state index contributed by atoms with van der Waals surface area (Å²) in [5, 5.41) is 15.9. The minimum Gasteiger partial charge on any atom is -0.389 e. The van der Waals surface area contributed by atoms with E-state index in [-0.39, 0.29) is 18.6 Å². The number of rotatable bonds is 8. The summed E-state index contributed by atoms with van der Waals surface area (Å²) >= 11 is 5.85. The number of methoxy groups -OCH3 is 1. The fourth-order valence-corrected chi connectivity index (χ4v) is 1.91. The van der Waals surface area contributed by atoms with Crippen LogP contribution in [0.15, 0.2) is 24.3 Å². The largest absolute Gasteiger partial charge is 0.389 e. The highest BCUT2D eigenvalue weighted by Gasteiger charge is 2.11. The number of benzene rings is 1. The minimum atomic E-state index is -0.571. The second-order valence-corrected chi connectivity index (χ2v) is 5.12. The number of hydrogen-bond donors (Lipinski definition) is 3. The lowest BCUT2D eigenvalue weighted by Gasteiger charge is -2.16. The molecule has 0 bridgehead atoms. The number of nitrogens with one attached hydrogen (secondary N) is 2. The molecule has 1 aromatic carbocycles. The third-order valence-electron chi connectivity index (χ3n) is 2.66. The van der Waals surface area contributed by atoms with Gasteiger partial charge in [0.15, 0.2) is 0 Å². The summed E-state index contributed by atoms with van der Waals surface area (Å²) < 4.78 is 4.83. The van der Waals surface area contributed by atoms with Crippen molar-refractivity contribution in [2.45, 2.75) is 25.5 Å². The van der Waals surface area contributed by atoms with Gasteiger partial charge in [0.2, 0.25) is 5.91 Å². The fourth-order valence-electron chi connectivity index (χ4n) is 1.72. The topological polar surface area (TPSA) is 70.6 Å². The molecule has 6 heteroatoms. The lowest BCUT2D eigenvalue weighted by atomic mass is 10.2. The summed E-state index contributed by atoms with van der Waals surface area (Å²) in [5.41, 5.74) is 0.675. The molecule has 0 aromatic heterocycles. The summed E-state index contributed by atoms with van der Waals surface area (Å²) in [6, 6.07) is 6.96. The molecule has 2 unspecified atom stereocenters. The van der Waals surface area contributed by atoms with Crippen LogP contribution in [0.1, 0.15) is 13.3 Å². The zero-order valence-electron chi connectivity index (χ0n) is 11.7. The molecule has 112 valence electrons. The van der Waals surface area contributed by atoms with Crippen LogP contribution < -0.4 is 10.6 Å². The van der Waals surface area contributed by atoms with Crippen molar-refractivity contribution in [3.8, 4) is 0 Å². The van der Waals surface area contributed by atoms with E-state index in [1.54, 1.807) is 24.3 Å². The number of carbonyl (C=O) groups is 1. The Labute approximate surface area is 124 Å². The number of anilines is 1. The first kappa shape index (κ1) is 16.9. The monoisotopic (exact) mass is 300 g/mol. The number of ether oxygens (including phenoxy) is 1. The van der Waals surface area contributed by atoms with Gasteiger partial charge in [-0.25, -0.2) is 0 Å². The molecule has 0 aliphatic rings. The van der Waals surface area contributed by atoms with Gasteiger partial charge in [-0.2, -0.15) is 0 Å². The van der Waals surface area contributed by atoms with Crippen LogP contribution in [-0.2, 0) is 9.53 Å². The lowest BCUT2D eigenvalue weighted by molar-refractivity contribution is -0.116. The summed E-state index contributed by atoms with van der Waals surface area (Å²) in [6.45, 7) is 2.55. The van der Waals surface area contributed by atoms with Crippen LogP contribution in [0, 0.1) is 0 Å². The van der Waals surface area contributed by atoms with Crippen LogP contribution in [0.2, 0.25) is 5.02 Å². The first-order valence-corrected chi connectivity index (χ1v) is 6.85. The van der Waals surface area contributed by atoms with Gasteiger partial charge in [0.25, 0.3) is 0 Å². The molecule has 20 heavy (non-hydrogen) atoms. The van der Waals surface area contributed by atoms with Crippen molar-refractivity contribution in [3.05, 3.63) is 29.3 Å². The molecule has 0 fully saturated rings. The van der Waals surface area contributed by atoms with Gasteiger partial charge in [-0.05, 0) is 25.1 Å². The van der Waals surface area contributed by atoms with E-state index in [0.29, 0.717) is 23.7 Å². The van der Waals surface area contributed by atoms with Crippen molar-refractivity contribution in [2.75, 3.05) is 25.6 Å². The van der Waals surface area contributed by atoms with Crippen molar-refractivity contribution in [3.63, 3.8) is 0 Å². The quantitative estimate of drug-likeness (QED) is 0.683. The van der Waals surface area contributed by atoms with Gasteiger partial charge < -0.3 is 20.5 Å². The molecule has 5 nitrogen and oxygen atoms in total. The first-order chi connectivity index (χ1) is 9.51. The van der Waals surface area contributed by atoms with Crippen LogP contribution in [0.3, 0.4) is 0 Å². The van der Waals surface area contributed by atoms with E-state index in [4.69, 9.17) is 16.3 Å². The SMILES string of the molecule is COCC(O)CNC(C)CC(=O)Nc1cccc(Cl)c1. The summed E-state index contributed by atoms with van der Waals surface area (Å²) in [6.07, 6.45) is -0.259. The van der Waals surface area contributed by atoms with Crippen LogP contribution >= 0.6 is 11.6 Å². The Morgan fingerprint density at radius 3 is 2.90 bits per heavy atom. The molecule has 0 spiro atoms. The smallest absolute Gasteiger partial charge is 0.225 e. The second kappa shape index (κ2) is 8.92. The molecule has 3 N–H and O–H groups in total. The fraction of sp³-hybridized carbons (Fsp3) is 0.500. The Balaban J connectivity index is 2.31. The molecular formula is C14H21ClN2O3. The molecule has 0 saturated heterocycles. The van der Waals surface area contributed by atoms with E-state index < -0.39 is 6.10 Å². The third kappa shape index (κ3) is 6.86. The highest BCUT2D eigenvalue weighted by molar-refractivity contribution is 6.30. The van der Waals surface area contributed by atoms with Gasteiger partial charge in [0.05, 0.1) is 12.7 Å². The van der Waals surface area contributed by atoms with Crippen LogP contribution in [-0.4, -0.2) is 43.4 Å². The van der Waals surface area contributed by atoms with Crippen LogP contribution in [0.4, 0.5) is 5.69 Å². The number of aliphatic hydroxyl groups excluding tert-OH is 1. The number of amides is 1. The van der Waals surface area contributed by atoms with Gasteiger partial charge in [-0.3, -0.25) is 4.79 Å². The standard InChI is InChI=1S/C14H21ClN2O3/c1-10(16-8-13(18)9-20-2)6-14(19)17-12-5-3-4-11(15)7-12/h3-5,7,10,13,16,18H,6,8-9H2,1-2H3,(H,17,19). The summed E-state index contributed by atoms with van der Waals surface area (Å²) in [7, 11) is 1.53. The molecule has 2 atom stereocenters. The molecule has 1 amide bonds. The molecule has 0 heterocycles. The average molecular weight is 301 g/mol. The van der Waals surface area contributed by atoms with Gasteiger partial charge in [0.1, 0.15) is 0 Å². The van der Waals surface area contributed by atoms with E-state index >= 15 is 0 Å². The number of halogens is 1. The predicted molar refractivity (Wildman–Crippen MR) is 80.0 cm³/mol. The molecule has 1 rings (SSSR count). The maximum absolute atomic E-state index is 11.8. The zero-order chi connectivity index (χ0) is 15.0. The molecule has 0 aliphatic heterocycles. The Morgan fingerprint density at radius 2 is 2.25 bits per heavy atom. The van der Waals surface area contributed by atoms with Crippen molar-refractivity contribution < 1.29 is 14.6 Å². The molecule has 0 saturated carbocycles. The van der Waals surface area contributed by atoms with E-state index in [1.807, 2.05) is 6.92 Å². The Hall–Kier alpha value is -1.14. The van der Waals surface area contributed by atoms with E-state index in [9.17, 15) is 9.90 Å². The van der Waals surface area contributed by atoms with Gasteiger partial charge in [0, 0.05) is 36.8 Å². The van der Waals surface area contributed by atoms with Crippen LogP contribution in [0.25, 0.3) is 0 Å². The molecular weight excluding hydrogens is 280 g/mol. The highest BCUT2D eigenvalue weighted by Crippen LogP contribution is 2.15. The van der Waals surface area contributed by atoms with Gasteiger partial charge >= 0.3 is 0 Å². The Bertz CT molecular complexity index is 429. The van der Waals surface area contributed by atoms with Gasteiger partial charge in [-0.15, -0.1) is 0 Å². The second-order valence-electron chi connectivity index (χ2n) is 4.68. The van der Waals surface area contributed by atoms with Crippen molar-refractivity contribution in [1.82, 2.24) is 5.32 Å². The number of hydrogen-bond acceptors (Lipinski definition) is 4. The van der Waals surface area contributed by atoms with Crippen molar-refractivity contribution in [2.24, 2.45) is 0 Å². The third-order valence-corrected chi connectivity index (χ3v) is 2.90. The maximum Gasteiger partial charge on any atom is 0.225 e. The summed E-state index contributed by atoms with van der Waals surface area (Å²) in [4.78, 5) is 11.8. The first-order valence-electron chi connectivity index (χ1n) is 6.47. The van der Waals surface area contributed by atoms with E-state index in [1.165, 1.54) is 7.11 Å². The number of aliphatic hydroxyl groups is 1.